The number of rotatable bonds is 2. The van der Waals surface area contributed by atoms with Crippen molar-refractivity contribution in [1.82, 2.24) is 10.1 Å². The molecule has 76 valence electrons. The largest absolute Gasteiger partial charge is 0.478 e. The molecule has 1 N–H and O–H groups in total. The van der Waals surface area contributed by atoms with Gasteiger partial charge in [-0.05, 0) is 24.3 Å². The normalized spacial score (nSPS) is 15.7. The van der Waals surface area contributed by atoms with E-state index in [9.17, 15) is 4.79 Å². The third-order valence-corrected chi connectivity index (χ3v) is 2.66. The summed E-state index contributed by atoms with van der Waals surface area (Å²) in [6.45, 7) is 0. The van der Waals surface area contributed by atoms with E-state index in [1.165, 1.54) is 6.20 Å². The van der Waals surface area contributed by atoms with Crippen molar-refractivity contribution in [3.63, 3.8) is 0 Å². The first-order chi connectivity index (χ1) is 7.27. The van der Waals surface area contributed by atoms with Crippen molar-refractivity contribution >= 4 is 17.1 Å². The van der Waals surface area contributed by atoms with Crippen LogP contribution in [0, 0.1) is 0 Å². The molecule has 0 amide bonds. The number of pyridine rings is 1. The van der Waals surface area contributed by atoms with Crippen LogP contribution in [0.5, 0.6) is 0 Å². The highest BCUT2D eigenvalue weighted by molar-refractivity contribution is 5.95. The number of aromatic nitrogens is 2. The van der Waals surface area contributed by atoms with Gasteiger partial charge in [0.2, 0.25) is 0 Å². The molecule has 2 aromatic rings. The fraction of sp³-hybridized carbons (Fsp3) is 0.300. The molecule has 1 aliphatic rings. The van der Waals surface area contributed by atoms with Crippen molar-refractivity contribution < 1.29 is 14.4 Å². The van der Waals surface area contributed by atoms with Crippen LogP contribution in [0.25, 0.3) is 11.1 Å². The molecular formula is C10H8N2O3. The summed E-state index contributed by atoms with van der Waals surface area (Å²) < 4.78 is 4.92. The molecule has 0 bridgehead atoms. The standard InChI is InChI=1S/C10H8N2O3/c13-10(14)7-3-11-9-6(4-12-15-9)8(7)5-1-2-5/h3-5H,1-2H2,(H,13,14). The van der Waals surface area contributed by atoms with Gasteiger partial charge in [-0.1, -0.05) is 5.16 Å². The van der Waals surface area contributed by atoms with Crippen molar-refractivity contribution in [2.24, 2.45) is 0 Å². The minimum absolute atomic E-state index is 0.271. The number of aromatic carboxylic acids is 1. The van der Waals surface area contributed by atoms with Gasteiger partial charge in [-0.2, -0.15) is 0 Å². The summed E-state index contributed by atoms with van der Waals surface area (Å²) in [5.74, 6) is -0.603. The topological polar surface area (TPSA) is 76.2 Å². The zero-order valence-corrected chi connectivity index (χ0v) is 7.80. The summed E-state index contributed by atoms with van der Waals surface area (Å²) in [4.78, 5) is 15.0. The number of carbonyl (C=O) groups is 1. The molecule has 0 aromatic carbocycles. The number of hydrogen-bond acceptors (Lipinski definition) is 4. The first-order valence-corrected chi connectivity index (χ1v) is 4.74. The van der Waals surface area contributed by atoms with E-state index < -0.39 is 5.97 Å². The molecule has 0 spiro atoms. The van der Waals surface area contributed by atoms with Gasteiger partial charge < -0.3 is 9.63 Å². The summed E-state index contributed by atoms with van der Waals surface area (Å²) in [6.07, 6.45) is 4.96. The highest BCUT2D eigenvalue weighted by Crippen LogP contribution is 2.44. The van der Waals surface area contributed by atoms with Crippen LogP contribution >= 0.6 is 0 Å². The molecule has 5 nitrogen and oxygen atoms in total. The van der Waals surface area contributed by atoms with E-state index in [0.717, 1.165) is 23.8 Å². The maximum absolute atomic E-state index is 11.0. The number of nitrogens with zero attached hydrogens (tertiary/aromatic N) is 2. The van der Waals surface area contributed by atoms with Gasteiger partial charge in [-0.3, -0.25) is 0 Å². The predicted octanol–water partition coefficient (Wildman–Crippen LogP) is 1.80. The molecule has 1 saturated carbocycles. The summed E-state index contributed by atoms with van der Waals surface area (Å²) in [5.41, 5.74) is 1.52. The minimum atomic E-state index is -0.937. The number of fused-ring (bicyclic) bond motifs is 1. The average molecular weight is 204 g/mol. The van der Waals surface area contributed by atoms with Crippen LogP contribution in [-0.4, -0.2) is 21.2 Å². The Kier molecular flexibility index (Phi) is 1.56. The van der Waals surface area contributed by atoms with Crippen molar-refractivity contribution in [2.75, 3.05) is 0 Å². The molecule has 1 aliphatic carbocycles. The lowest BCUT2D eigenvalue weighted by Gasteiger charge is -2.03. The van der Waals surface area contributed by atoms with Gasteiger partial charge in [0.25, 0.3) is 5.71 Å². The highest BCUT2D eigenvalue weighted by Gasteiger charge is 2.31. The third-order valence-electron chi connectivity index (χ3n) is 2.66. The predicted molar refractivity (Wildman–Crippen MR) is 50.7 cm³/mol. The van der Waals surface area contributed by atoms with Gasteiger partial charge in [0.05, 0.1) is 17.1 Å². The number of carboxylic acids is 1. The summed E-state index contributed by atoms with van der Waals surface area (Å²) in [6, 6.07) is 0. The molecule has 15 heavy (non-hydrogen) atoms. The first-order valence-electron chi connectivity index (χ1n) is 4.74. The monoisotopic (exact) mass is 204 g/mol. The Morgan fingerprint density at radius 2 is 2.27 bits per heavy atom. The van der Waals surface area contributed by atoms with Crippen LogP contribution in [-0.2, 0) is 0 Å². The minimum Gasteiger partial charge on any atom is -0.478 e. The van der Waals surface area contributed by atoms with Gasteiger partial charge in [0, 0.05) is 6.20 Å². The van der Waals surface area contributed by atoms with E-state index in [0.29, 0.717) is 11.6 Å². The molecule has 3 rings (SSSR count). The van der Waals surface area contributed by atoms with Gasteiger partial charge in [-0.15, -0.1) is 0 Å². The van der Waals surface area contributed by atoms with E-state index in [1.807, 2.05) is 0 Å². The Hall–Kier alpha value is -1.91. The second-order valence-electron chi connectivity index (χ2n) is 3.71. The maximum atomic E-state index is 11.0. The summed E-state index contributed by atoms with van der Waals surface area (Å²) >= 11 is 0. The molecule has 0 atom stereocenters. The van der Waals surface area contributed by atoms with Crippen molar-refractivity contribution in [3.8, 4) is 0 Å². The molecule has 2 heterocycles. The Morgan fingerprint density at radius 1 is 1.47 bits per heavy atom. The molecule has 1 fully saturated rings. The van der Waals surface area contributed by atoms with E-state index in [-0.39, 0.29) is 5.56 Å². The fourth-order valence-corrected chi connectivity index (χ4v) is 1.83. The van der Waals surface area contributed by atoms with E-state index in [4.69, 9.17) is 9.63 Å². The van der Waals surface area contributed by atoms with E-state index in [2.05, 4.69) is 10.1 Å². The lowest BCUT2D eigenvalue weighted by atomic mass is 10.0. The Morgan fingerprint density at radius 3 is 2.93 bits per heavy atom. The second-order valence-corrected chi connectivity index (χ2v) is 3.71. The van der Waals surface area contributed by atoms with Crippen molar-refractivity contribution in [2.45, 2.75) is 18.8 Å². The van der Waals surface area contributed by atoms with Gasteiger partial charge in [0.15, 0.2) is 0 Å². The second kappa shape index (κ2) is 2.79. The molecule has 0 saturated heterocycles. The number of carboxylic acid groups (broad SMARTS) is 1. The zero-order chi connectivity index (χ0) is 10.4. The molecule has 2 aromatic heterocycles. The highest BCUT2D eigenvalue weighted by atomic mass is 16.5. The quantitative estimate of drug-likeness (QED) is 0.807. The van der Waals surface area contributed by atoms with Gasteiger partial charge >= 0.3 is 5.97 Å². The molecular weight excluding hydrogens is 196 g/mol. The smallest absolute Gasteiger partial charge is 0.337 e. The van der Waals surface area contributed by atoms with Crippen LogP contribution in [0.4, 0.5) is 0 Å². The Bertz CT molecular complexity index is 543. The van der Waals surface area contributed by atoms with Crippen LogP contribution in [0.1, 0.15) is 34.7 Å². The van der Waals surface area contributed by atoms with Crippen LogP contribution in [0.2, 0.25) is 0 Å². The van der Waals surface area contributed by atoms with Crippen molar-refractivity contribution in [1.29, 1.82) is 0 Å². The molecule has 0 aliphatic heterocycles. The molecule has 0 radical (unpaired) electrons. The van der Waals surface area contributed by atoms with Crippen LogP contribution in [0.15, 0.2) is 16.9 Å². The average Bonchev–Trinajstić information content (AvgIpc) is 2.93. The van der Waals surface area contributed by atoms with Crippen LogP contribution < -0.4 is 0 Å². The Labute approximate surface area is 84.7 Å². The Balaban J connectivity index is 2.34. The number of hydrogen-bond donors (Lipinski definition) is 1. The maximum Gasteiger partial charge on any atom is 0.337 e. The van der Waals surface area contributed by atoms with Crippen LogP contribution in [0.3, 0.4) is 0 Å². The third kappa shape index (κ3) is 1.20. The van der Waals surface area contributed by atoms with Crippen molar-refractivity contribution in [3.05, 3.63) is 23.5 Å². The van der Waals surface area contributed by atoms with E-state index >= 15 is 0 Å². The lowest BCUT2D eigenvalue weighted by Crippen LogP contribution is -2.02. The molecule has 5 heteroatoms. The van der Waals surface area contributed by atoms with Gasteiger partial charge in [0.1, 0.15) is 0 Å². The zero-order valence-electron chi connectivity index (χ0n) is 7.80. The van der Waals surface area contributed by atoms with E-state index in [1.54, 1.807) is 6.20 Å². The fourth-order valence-electron chi connectivity index (χ4n) is 1.83. The first kappa shape index (κ1) is 8.40. The van der Waals surface area contributed by atoms with Gasteiger partial charge in [-0.25, -0.2) is 9.78 Å². The lowest BCUT2D eigenvalue weighted by molar-refractivity contribution is 0.0695. The summed E-state index contributed by atoms with van der Waals surface area (Å²) in [7, 11) is 0. The SMILES string of the molecule is O=C(O)c1cnc2oncc2c1C1CC1. The summed E-state index contributed by atoms with van der Waals surface area (Å²) in [5, 5.41) is 13.4. The molecule has 0 unspecified atom stereocenters.